The topological polar surface area (TPSA) is 3.24 Å². The average Bonchev–Trinajstić information content (AvgIpc) is 3.52. The molecule has 0 aromatic heterocycles. The molecule has 0 heterocycles. The van der Waals surface area contributed by atoms with Gasteiger partial charge in [-0.25, -0.2) is 8.78 Å². The summed E-state index contributed by atoms with van der Waals surface area (Å²) in [5.41, 5.74) is 11.5. The number of hydrogen-bond acceptors (Lipinski definition) is 1. The highest BCUT2D eigenvalue weighted by molar-refractivity contribution is 6.01. The molecule has 0 N–H and O–H groups in total. The summed E-state index contributed by atoms with van der Waals surface area (Å²) in [5.74, 6) is -1.23. The summed E-state index contributed by atoms with van der Waals surface area (Å²) < 4.78 is 29.5. The van der Waals surface area contributed by atoms with Crippen LogP contribution < -0.4 is 4.90 Å². The van der Waals surface area contributed by atoms with Crippen molar-refractivity contribution in [2.75, 3.05) is 4.90 Å². The molecule has 0 atom stereocenters. The molecular formula is C41H25F2N. The Hall–Kier alpha value is -5.54. The molecule has 0 radical (unpaired) electrons. The van der Waals surface area contributed by atoms with Crippen LogP contribution in [0.1, 0.15) is 22.3 Å². The Bertz CT molecular complexity index is 2210. The van der Waals surface area contributed by atoms with Crippen LogP contribution in [0.4, 0.5) is 25.8 Å². The number of benzene rings is 7. The van der Waals surface area contributed by atoms with E-state index in [4.69, 9.17) is 0 Å². The van der Waals surface area contributed by atoms with Gasteiger partial charge in [-0.2, -0.15) is 0 Å². The van der Waals surface area contributed by atoms with Crippen LogP contribution in [-0.4, -0.2) is 0 Å². The molecule has 44 heavy (non-hydrogen) atoms. The van der Waals surface area contributed by atoms with Crippen molar-refractivity contribution in [2.24, 2.45) is 0 Å². The zero-order valence-electron chi connectivity index (χ0n) is 23.6. The molecule has 2 aliphatic carbocycles. The summed E-state index contributed by atoms with van der Waals surface area (Å²) >= 11 is 0. The van der Waals surface area contributed by atoms with Crippen molar-refractivity contribution >= 4 is 27.8 Å². The third kappa shape index (κ3) is 3.32. The monoisotopic (exact) mass is 569 g/mol. The minimum absolute atomic E-state index is 0.427. The first-order valence-electron chi connectivity index (χ1n) is 14.8. The van der Waals surface area contributed by atoms with E-state index in [-0.39, 0.29) is 0 Å². The van der Waals surface area contributed by atoms with E-state index in [1.807, 2.05) is 29.2 Å². The first-order valence-corrected chi connectivity index (χ1v) is 14.8. The van der Waals surface area contributed by atoms with Crippen molar-refractivity contribution in [3.05, 3.63) is 186 Å². The Labute approximate surface area is 254 Å². The molecule has 0 fully saturated rings. The van der Waals surface area contributed by atoms with Crippen molar-refractivity contribution in [2.45, 2.75) is 5.41 Å². The van der Waals surface area contributed by atoms with E-state index in [1.165, 1.54) is 51.1 Å². The molecule has 0 saturated carbocycles. The minimum Gasteiger partial charge on any atom is -0.310 e. The maximum atomic E-state index is 14.8. The molecule has 7 aromatic rings. The number of hydrogen-bond donors (Lipinski definition) is 0. The highest BCUT2D eigenvalue weighted by atomic mass is 19.1. The van der Waals surface area contributed by atoms with Crippen LogP contribution in [0.5, 0.6) is 0 Å². The average molecular weight is 570 g/mol. The summed E-state index contributed by atoms with van der Waals surface area (Å²) in [6, 6.07) is 50.5. The van der Waals surface area contributed by atoms with E-state index in [1.54, 1.807) is 0 Å². The fourth-order valence-electron chi connectivity index (χ4n) is 7.73. The van der Waals surface area contributed by atoms with E-state index < -0.39 is 17.0 Å². The zero-order valence-corrected chi connectivity index (χ0v) is 23.6. The van der Waals surface area contributed by atoms with Gasteiger partial charge in [0.05, 0.1) is 16.8 Å². The molecule has 3 heteroatoms. The van der Waals surface area contributed by atoms with Crippen LogP contribution in [0.25, 0.3) is 33.0 Å². The highest BCUT2D eigenvalue weighted by Crippen LogP contribution is 2.63. The largest absolute Gasteiger partial charge is 0.310 e. The van der Waals surface area contributed by atoms with Gasteiger partial charge in [-0.1, -0.05) is 115 Å². The van der Waals surface area contributed by atoms with Gasteiger partial charge < -0.3 is 4.90 Å². The van der Waals surface area contributed by atoms with Gasteiger partial charge in [0.2, 0.25) is 0 Å². The zero-order chi connectivity index (χ0) is 29.4. The quantitative estimate of drug-likeness (QED) is 0.205. The second-order valence-electron chi connectivity index (χ2n) is 11.6. The lowest BCUT2D eigenvalue weighted by Gasteiger charge is -2.31. The number of halogens is 2. The number of fused-ring (bicyclic) bond motifs is 11. The van der Waals surface area contributed by atoms with Crippen molar-refractivity contribution in [3.63, 3.8) is 0 Å². The standard InChI is InChI=1S/C41H25F2N/c42-27-22-28(43)24-30(23-27)44(40-19-9-11-26-10-1-2-12-31(26)40)29-20-21-39-35(25-29)34-15-5-8-18-38(34)41(39)36-16-6-3-13-32(36)33-14-4-7-17-37(33)41/h1-25H. The second-order valence-corrected chi connectivity index (χ2v) is 11.6. The van der Waals surface area contributed by atoms with Crippen LogP contribution in [0, 0.1) is 11.6 Å². The SMILES string of the molecule is Fc1cc(F)cc(N(c2ccc3c(c2)-c2ccccc2C32c3ccccc3-c3ccccc32)c2cccc3ccccc23)c1. The molecule has 208 valence electrons. The van der Waals surface area contributed by atoms with Gasteiger partial charge in [-0.05, 0) is 80.2 Å². The first kappa shape index (κ1) is 25.0. The van der Waals surface area contributed by atoms with Gasteiger partial charge in [0.15, 0.2) is 0 Å². The van der Waals surface area contributed by atoms with Gasteiger partial charge >= 0.3 is 0 Å². The molecule has 0 aliphatic heterocycles. The lowest BCUT2D eigenvalue weighted by atomic mass is 9.70. The summed E-state index contributed by atoms with van der Waals surface area (Å²) in [6.45, 7) is 0. The lowest BCUT2D eigenvalue weighted by Crippen LogP contribution is -2.25. The van der Waals surface area contributed by atoms with Gasteiger partial charge in [-0.3, -0.25) is 0 Å². The van der Waals surface area contributed by atoms with Crippen molar-refractivity contribution in [1.82, 2.24) is 0 Å². The maximum absolute atomic E-state index is 14.8. The lowest BCUT2D eigenvalue weighted by molar-refractivity contribution is 0.584. The Morgan fingerprint density at radius 1 is 0.409 bits per heavy atom. The molecule has 9 rings (SSSR count). The fraction of sp³-hybridized carbons (Fsp3) is 0.0244. The van der Waals surface area contributed by atoms with E-state index in [0.29, 0.717) is 5.69 Å². The fourth-order valence-corrected chi connectivity index (χ4v) is 7.73. The molecular weight excluding hydrogens is 544 g/mol. The number of anilines is 3. The molecule has 0 saturated heterocycles. The third-order valence-corrected chi connectivity index (χ3v) is 9.35. The van der Waals surface area contributed by atoms with E-state index >= 15 is 0 Å². The highest BCUT2D eigenvalue weighted by Gasteiger charge is 2.51. The first-order chi connectivity index (χ1) is 21.6. The minimum atomic E-state index is -0.616. The molecule has 1 nitrogen and oxygen atoms in total. The van der Waals surface area contributed by atoms with Crippen molar-refractivity contribution in [3.8, 4) is 22.3 Å². The van der Waals surface area contributed by atoms with Gasteiger partial charge in [-0.15, -0.1) is 0 Å². The van der Waals surface area contributed by atoms with E-state index in [2.05, 4.69) is 109 Å². The summed E-state index contributed by atoms with van der Waals surface area (Å²) in [7, 11) is 0. The summed E-state index contributed by atoms with van der Waals surface area (Å²) in [6.07, 6.45) is 0. The van der Waals surface area contributed by atoms with Crippen molar-refractivity contribution in [1.29, 1.82) is 0 Å². The number of rotatable bonds is 3. The maximum Gasteiger partial charge on any atom is 0.128 e. The third-order valence-electron chi connectivity index (χ3n) is 9.35. The normalized spacial score (nSPS) is 13.4. The molecule has 0 bridgehead atoms. The molecule has 7 aromatic carbocycles. The Kier molecular flexibility index (Phi) is 5.24. The van der Waals surface area contributed by atoms with Crippen LogP contribution in [0.3, 0.4) is 0 Å². The molecule has 1 spiro atoms. The second kappa shape index (κ2) is 9.23. The molecule has 0 unspecified atom stereocenters. The van der Waals surface area contributed by atoms with E-state index in [0.717, 1.165) is 33.8 Å². The molecule has 2 aliphatic rings. The summed E-state index contributed by atoms with van der Waals surface area (Å²) in [5, 5.41) is 2.05. The Morgan fingerprint density at radius 2 is 0.932 bits per heavy atom. The number of nitrogens with zero attached hydrogens (tertiary/aromatic N) is 1. The Morgan fingerprint density at radius 3 is 1.59 bits per heavy atom. The van der Waals surface area contributed by atoms with Gasteiger partial charge in [0, 0.05) is 17.1 Å². The van der Waals surface area contributed by atoms with Crippen LogP contribution in [0.15, 0.2) is 152 Å². The predicted molar refractivity (Wildman–Crippen MR) is 175 cm³/mol. The predicted octanol–water partition coefficient (Wildman–Crippen LogP) is 10.9. The van der Waals surface area contributed by atoms with Crippen LogP contribution in [-0.2, 0) is 5.41 Å². The van der Waals surface area contributed by atoms with Crippen LogP contribution in [0.2, 0.25) is 0 Å². The van der Waals surface area contributed by atoms with Crippen molar-refractivity contribution < 1.29 is 8.78 Å². The van der Waals surface area contributed by atoms with Crippen LogP contribution >= 0.6 is 0 Å². The summed E-state index contributed by atoms with van der Waals surface area (Å²) in [4.78, 5) is 1.97. The Balaban J connectivity index is 1.35. The molecule has 0 amide bonds. The van der Waals surface area contributed by atoms with E-state index in [9.17, 15) is 8.78 Å². The van der Waals surface area contributed by atoms with Gasteiger partial charge in [0.25, 0.3) is 0 Å². The smallest absolute Gasteiger partial charge is 0.128 e. The van der Waals surface area contributed by atoms with Gasteiger partial charge in [0.1, 0.15) is 11.6 Å².